The van der Waals surface area contributed by atoms with E-state index in [1.807, 2.05) is 6.92 Å². The van der Waals surface area contributed by atoms with Crippen molar-refractivity contribution < 1.29 is 14.6 Å². The van der Waals surface area contributed by atoms with Crippen LogP contribution in [-0.4, -0.2) is 19.3 Å². The molecule has 0 fully saturated rings. The van der Waals surface area contributed by atoms with Crippen LogP contribution in [0, 0.1) is 6.92 Å². The fourth-order valence-electron chi connectivity index (χ4n) is 1.10. The molecule has 0 radical (unpaired) electrons. The minimum Gasteiger partial charge on any atom is -0.504 e. The zero-order valence-corrected chi connectivity index (χ0v) is 9.31. The Morgan fingerprint density at radius 3 is 2.38 bits per heavy atom. The van der Waals surface area contributed by atoms with Crippen LogP contribution in [0.1, 0.15) is 5.56 Å². The Morgan fingerprint density at radius 2 is 1.92 bits per heavy atom. The van der Waals surface area contributed by atoms with Crippen molar-refractivity contribution in [2.45, 2.75) is 6.92 Å². The maximum absolute atomic E-state index is 9.49. The van der Waals surface area contributed by atoms with E-state index in [1.165, 1.54) is 13.2 Å². The molecule has 3 nitrogen and oxygen atoms in total. The molecular formula is C9H11BrO3. The zero-order chi connectivity index (χ0) is 10.0. The van der Waals surface area contributed by atoms with Crippen LogP contribution in [0.5, 0.6) is 17.2 Å². The Labute approximate surface area is 85.4 Å². The summed E-state index contributed by atoms with van der Waals surface area (Å²) in [6, 6.07) is 1.53. The van der Waals surface area contributed by atoms with Crippen molar-refractivity contribution in [3.8, 4) is 17.2 Å². The largest absolute Gasteiger partial charge is 0.504 e. The topological polar surface area (TPSA) is 38.7 Å². The van der Waals surface area contributed by atoms with Crippen molar-refractivity contribution in [1.29, 1.82) is 0 Å². The van der Waals surface area contributed by atoms with Crippen LogP contribution in [-0.2, 0) is 0 Å². The highest BCUT2D eigenvalue weighted by atomic mass is 79.9. The Bertz CT molecular complexity index is 323. The first kappa shape index (κ1) is 10.2. The lowest BCUT2D eigenvalue weighted by molar-refractivity contribution is 0.362. The number of halogens is 1. The summed E-state index contributed by atoms with van der Waals surface area (Å²) < 4.78 is 10.8. The van der Waals surface area contributed by atoms with Crippen molar-refractivity contribution in [2.75, 3.05) is 14.2 Å². The monoisotopic (exact) mass is 246 g/mol. The fourth-order valence-corrected chi connectivity index (χ4v) is 1.66. The average Bonchev–Trinajstić information content (AvgIpc) is 2.12. The summed E-state index contributed by atoms with van der Waals surface area (Å²) in [4.78, 5) is 0. The normalized spacial score (nSPS) is 9.85. The summed E-state index contributed by atoms with van der Waals surface area (Å²) in [6.07, 6.45) is 0. The summed E-state index contributed by atoms with van der Waals surface area (Å²) in [5.74, 6) is 1.13. The second-order valence-electron chi connectivity index (χ2n) is 2.57. The molecule has 0 aliphatic heterocycles. The third-order valence-electron chi connectivity index (χ3n) is 1.82. The van der Waals surface area contributed by atoms with Crippen molar-refractivity contribution >= 4 is 15.9 Å². The van der Waals surface area contributed by atoms with E-state index >= 15 is 0 Å². The van der Waals surface area contributed by atoms with E-state index in [4.69, 9.17) is 9.47 Å². The second kappa shape index (κ2) is 3.87. The maximum Gasteiger partial charge on any atom is 0.175 e. The minimum atomic E-state index is 0.0665. The first-order chi connectivity index (χ1) is 6.11. The van der Waals surface area contributed by atoms with Crippen LogP contribution in [0.15, 0.2) is 10.5 Å². The molecule has 1 N–H and O–H groups in total. The van der Waals surface area contributed by atoms with Crippen LogP contribution >= 0.6 is 15.9 Å². The summed E-state index contributed by atoms with van der Waals surface area (Å²) >= 11 is 3.32. The van der Waals surface area contributed by atoms with E-state index in [-0.39, 0.29) is 5.75 Å². The number of aromatic hydroxyl groups is 1. The van der Waals surface area contributed by atoms with Gasteiger partial charge in [0.1, 0.15) is 5.75 Å². The van der Waals surface area contributed by atoms with Crippen molar-refractivity contribution in [2.24, 2.45) is 0 Å². The number of hydrogen-bond donors (Lipinski definition) is 1. The smallest absolute Gasteiger partial charge is 0.175 e. The van der Waals surface area contributed by atoms with Crippen LogP contribution in [0.4, 0.5) is 0 Å². The first-order valence-electron chi connectivity index (χ1n) is 3.71. The Morgan fingerprint density at radius 1 is 1.31 bits per heavy atom. The van der Waals surface area contributed by atoms with E-state index in [0.717, 1.165) is 5.56 Å². The van der Waals surface area contributed by atoms with Gasteiger partial charge in [0, 0.05) is 11.6 Å². The number of phenols is 1. The van der Waals surface area contributed by atoms with Gasteiger partial charge < -0.3 is 14.6 Å². The van der Waals surface area contributed by atoms with Crippen molar-refractivity contribution in [3.63, 3.8) is 0 Å². The molecule has 1 aromatic carbocycles. The van der Waals surface area contributed by atoms with E-state index in [1.54, 1.807) is 7.11 Å². The van der Waals surface area contributed by atoms with Gasteiger partial charge in [0.2, 0.25) is 0 Å². The molecule has 0 unspecified atom stereocenters. The van der Waals surface area contributed by atoms with Crippen LogP contribution in [0.2, 0.25) is 0 Å². The summed E-state index contributed by atoms with van der Waals surface area (Å²) in [5, 5.41) is 9.49. The van der Waals surface area contributed by atoms with Crippen molar-refractivity contribution in [1.82, 2.24) is 0 Å². The minimum absolute atomic E-state index is 0.0665. The molecule has 1 rings (SSSR count). The van der Waals surface area contributed by atoms with Crippen LogP contribution in [0.25, 0.3) is 0 Å². The summed E-state index contributed by atoms with van der Waals surface area (Å²) in [7, 11) is 3.06. The van der Waals surface area contributed by atoms with Gasteiger partial charge in [0.15, 0.2) is 11.5 Å². The van der Waals surface area contributed by atoms with E-state index in [2.05, 4.69) is 15.9 Å². The highest BCUT2D eigenvalue weighted by Gasteiger charge is 2.13. The molecule has 4 heteroatoms. The SMILES string of the molecule is COc1cc(O)c(OC)c(Br)c1C. The molecule has 0 spiro atoms. The molecule has 0 bridgehead atoms. The van der Waals surface area contributed by atoms with E-state index < -0.39 is 0 Å². The molecule has 0 aromatic heterocycles. The Balaban J connectivity index is 3.37. The molecule has 0 amide bonds. The number of benzene rings is 1. The van der Waals surface area contributed by atoms with Crippen LogP contribution in [0.3, 0.4) is 0 Å². The van der Waals surface area contributed by atoms with Gasteiger partial charge in [-0.1, -0.05) is 0 Å². The summed E-state index contributed by atoms with van der Waals surface area (Å²) in [5.41, 5.74) is 0.900. The van der Waals surface area contributed by atoms with Gasteiger partial charge in [-0.3, -0.25) is 0 Å². The van der Waals surface area contributed by atoms with Gasteiger partial charge in [0.25, 0.3) is 0 Å². The predicted molar refractivity (Wildman–Crippen MR) is 53.6 cm³/mol. The number of methoxy groups -OCH3 is 2. The first-order valence-corrected chi connectivity index (χ1v) is 4.51. The molecule has 0 saturated carbocycles. The van der Waals surface area contributed by atoms with Crippen molar-refractivity contribution in [3.05, 3.63) is 16.1 Å². The van der Waals surface area contributed by atoms with Gasteiger partial charge in [-0.15, -0.1) is 0 Å². The van der Waals surface area contributed by atoms with Gasteiger partial charge >= 0.3 is 0 Å². The molecule has 13 heavy (non-hydrogen) atoms. The quantitative estimate of drug-likeness (QED) is 0.872. The number of phenolic OH excluding ortho intramolecular Hbond substituents is 1. The molecule has 0 saturated heterocycles. The fraction of sp³-hybridized carbons (Fsp3) is 0.333. The standard InChI is InChI=1S/C9H11BrO3/c1-5-7(12-2)4-6(11)9(13-3)8(5)10/h4,11H,1-3H3. The Hall–Kier alpha value is -0.900. The maximum atomic E-state index is 9.49. The lowest BCUT2D eigenvalue weighted by Crippen LogP contribution is -1.92. The third kappa shape index (κ3) is 1.72. The molecule has 1 aromatic rings. The van der Waals surface area contributed by atoms with E-state index in [0.29, 0.717) is 16.0 Å². The van der Waals surface area contributed by atoms with Gasteiger partial charge in [0.05, 0.1) is 18.7 Å². The lowest BCUT2D eigenvalue weighted by atomic mass is 10.2. The van der Waals surface area contributed by atoms with E-state index in [9.17, 15) is 5.11 Å². The summed E-state index contributed by atoms with van der Waals surface area (Å²) in [6.45, 7) is 1.88. The zero-order valence-electron chi connectivity index (χ0n) is 7.72. The number of hydrogen-bond acceptors (Lipinski definition) is 3. The van der Waals surface area contributed by atoms with Gasteiger partial charge in [-0.05, 0) is 22.9 Å². The highest BCUT2D eigenvalue weighted by Crippen LogP contribution is 2.41. The molecule has 0 atom stereocenters. The number of rotatable bonds is 2. The van der Waals surface area contributed by atoms with Crippen LogP contribution < -0.4 is 9.47 Å². The third-order valence-corrected chi connectivity index (χ3v) is 2.78. The predicted octanol–water partition coefficient (Wildman–Crippen LogP) is 2.48. The van der Waals surface area contributed by atoms with Gasteiger partial charge in [-0.2, -0.15) is 0 Å². The molecule has 0 aliphatic carbocycles. The van der Waals surface area contributed by atoms with Gasteiger partial charge in [-0.25, -0.2) is 0 Å². The Kier molecular flexibility index (Phi) is 3.03. The average molecular weight is 247 g/mol. The molecular weight excluding hydrogens is 236 g/mol. The highest BCUT2D eigenvalue weighted by molar-refractivity contribution is 9.10. The lowest BCUT2D eigenvalue weighted by Gasteiger charge is -2.11. The molecule has 0 heterocycles. The number of ether oxygens (including phenoxy) is 2. The molecule has 0 aliphatic rings. The molecule has 72 valence electrons. The second-order valence-corrected chi connectivity index (χ2v) is 3.36.